The van der Waals surface area contributed by atoms with Gasteiger partial charge in [0.25, 0.3) is 0 Å². The molecule has 4 N–H and O–H groups in total. The summed E-state index contributed by atoms with van der Waals surface area (Å²) in [7, 11) is 0. The third-order valence-electron chi connectivity index (χ3n) is 2.74. The van der Waals surface area contributed by atoms with E-state index in [2.05, 4.69) is 25.9 Å². The molecule has 96 valence electrons. The fraction of sp³-hybridized carbons (Fsp3) is 0.333. The predicted molar refractivity (Wildman–Crippen MR) is 78.7 cm³/mol. The Labute approximate surface area is 115 Å². The van der Waals surface area contributed by atoms with Crippen LogP contribution in [0.3, 0.4) is 0 Å². The van der Waals surface area contributed by atoms with Crippen LogP contribution in [0, 0.1) is 6.92 Å². The number of aliphatic imine (C=N–C) groups is 2. The van der Waals surface area contributed by atoms with E-state index in [1.165, 1.54) is 5.56 Å². The summed E-state index contributed by atoms with van der Waals surface area (Å²) in [5.74, 6) is 0.550. The first-order valence-electron chi connectivity index (χ1n) is 5.57. The van der Waals surface area contributed by atoms with E-state index < -0.39 is 5.66 Å². The average Bonchev–Trinajstić information content (AvgIpc) is 2.18. The number of hydrogen-bond acceptors (Lipinski definition) is 5. The summed E-state index contributed by atoms with van der Waals surface area (Å²) >= 11 is 3.54. The first-order valence-corrected chi connectivity index (χ1v) is 6.36. The first-order chi connectivity index (χ1) is 8.31. The molecule has 18 heavy (non-hydrogen) atoms. The number of nitrogens with zero attached hydrogens (tertiary/aromatic N) is 3. The fourth-order valence-corrected chi connectivity index (χ4v) is 2.69. The number of rotatable bonds is 1. The molecule has 5 nitrogen and oxygen atoms in total. The zero-order valence-electron chi connectivity index (χ0n) is 10.6. The number of aryl methyl sites for hydroxylation is 1. The number of benzene rings is 1. The monoisotopic (exact) mass is 309 g/mol. The van der Waals surface area contributed by atoms with Crippen molar-refractivity contribution < 1.29 is 0 Å². The van der Waals surface area contributed by atoms with Crippen LogP contribution >= 0.6 is 15.9 Å². The minimum Gasteiger partial charge on any atom is -0.369 e. The van der Waals surface area contributed by atoms with Crippen molar-refractivity contribution in [2.45, 2.75) is 26.4 Å². The van der Waals surface area contributed by atoms with Gasteiger partial charge in [0.2, 0.25) is 11.9 Å². The van der Waals surface area contributed by atoms with E-state index in [-0.39, 0.29) is 5.96 Å². The Morgan fingerprint density at radius 3 is 2.50 bits per heavy atom. The van der Waals surface area contributed by atoms with Crippen LogP contribution in [-0.2, 0) is 0 Å². The van der Waals surface area contributed by atoms with Gasteiger partial charge in [0.1, 0.15) is 5.66 Å². The Morgan fingerprint density at radius 1 is 1.28 bits per heavy atom. The maximum atomic E-state index is 5.98. The lowest BCUT2D eigenvalue weighted by atomic mass is 10.1. The number of guanidine groups is 2. The topological polar surface area (TPSA) is 80.0 Å². The molecule has 2 rings (SSSR count). The molecule has 0 amide bonds. The SMILES string of the molecule is Cc1ccc(N2C(N)=NC(N)=NC2(C)C)c(Br)c1. The van der Waals surface area contributed by atoms with Gasteiger partial charge >= 0.3 is 0 Å². The van der Waals surface area contributed by atoms with Gasteiger partial charge in [-0.05, 0) is 54.4 Å². The van der Waals surface area contributed by atoms with Crippen LogP contribution in [0.25, 0.3) is 0 Å². The molecule has 6 heteroatoms. The van der Waals surface area contributed by atoms with Crippen molar-refractivity contribution >= 4 is 33.5 Å². The van der Waals surface area contributed by atoms with Gasteiger partial charge in [-0.2, -0.15) is 4.99 Å². The molecule has 1 aromatic rings. The van der Waals surface area contributed by atoms with E-state index in [1.54, 1.807) is 0 Å². The maximum absolute atomic E-state index is 5.98. The lowest BCUT2D eigenvalue weighted by Gasteiger charge is -2.39. The van der Waals surface area contributed by atoms with Gasteiger partial charge in [-0.1, -0.05) is 6.07 Å². The van der Waals surface area contributed by atoms with Gasteiger partial charge in [0, 0.05) is 4.47 Å². The summed E-state index contributed by atoms with van der Waals surface area (Å²) < 4.78 is 0.949. The minimum absolute atomic E-state index is 0.206. The van der Waals surface area contributed by atoms with E-state index in [9.17, 15) is 0 Å². The van der Waals surface area contributed by atoms with Gasteiger partial charge < -0.3 is 11.5 Å². The highest BCUT2D eigenvalue weighted by Gasteiger charge is 2.33. The van der Waals surface area contributed by atoms with Crippen LogP contribution < -0.4 is 16.4 Å². The molecule has 0 aromatic heterocycles. The second-order valence-electron chi connectivity index (χ2n) is 4.72. The van der Waals surface area contributed by atoms with Crippen LogP contribution in [0.4, 0.5) is 5.69 Å². The lowest BCUT2D eigenvalue weighted by Crippen LogP contribution is -2.54. The minimum atomic E-state index is -0.562. The smallest absolute Gasteiger partial charge is 0.220 e. The second kappa shape index (κ2) is 4.28. The van der Waals surface area contributed by atoms with Gasteiger partial charge in [-0.3, -0.25) is 4.90 Å². The Hall–Kier alpha value is -1.56. The van der Waals surface area contributed by atoms with E-state index in [1.807, 2.05) is 43.9 Å². The molecule has 1 aliphatic heterocycles. The highest BCUT2D eigenvalue weighted by molar-refractivity contribution is 9.10. The number of nitrogens with two attached hydrogens (primary N) is 2. The Morgan fingerprint density at radius 2 is 1.94 bits per heavy atom. The standard InChI is InChI=1S/C12H16BrN5/c1-7-4-5-9(8(13)6-7)18-11(15)16-10(14)17-12(18,2)3/h4-6H,1-3H3,(H4,14,15,16,17). The molecular formula is C12H16BrN5. The Balaban J connectivity index is 2.53. The summed E-state index contributed by atoms with van der Waals surface area (Å²) in [5, 5.41) is 0. The average molecular weight is 310 g/mol. The van der Waals surface area contributed by atoms with Crippen molar-refractivity contribution in [3.8, 4) is 0 Å². The van der Waals surface area contributed by atoms with Crippen LogP contribution in [0.2, 0.25) is 0 Å². The molecule has 1 aromatic carbocycles. The van der Waals surface area contributed by atoms with Crippen LogP contribution in [-0.4, -0.2) is 17.6 Å². The van der Waals surface area contributed by atoms with Gasteiger partial charge in [0.15, 0.2) is 0 Å². The molecule has 0 fully saturated rings. The molecule has 0 saturated heterocycles. The zero-order chi connectivity index (χ0) is 13.5. The number of halogens is 1. The van der Waals surface area contributed by atoms with Crippen molar-refractivity contribution in [3.05, 3.63) is 28.2 Å². The van der Waals surface area contributed by atoms with E-state index in [0.717, 1.165) is 10.2 Å². The van der Waals surface area contributed by atoms with Crippen molar-refractivity contribution in [3.63, 3.8) is 0 Å². The summed E-state index contributed by atoms with van der Waals surface area (Å²) in [5.41, 5.74) is 13.1. The molecule has 0 atom stereocenters. The predicted octanol–water partition coefficient (Wildman–Crippen LogP) is 1.94. The third kappa shape index (κ3) is 2.20. The largest absolute Gasteiger partial charge is 0.369 e. The van der Waals surface area contributed by atoms with Gasteiger partial charge in [0.05, 0.1) is 5.69 Å². The quantitative estimate of drug-likeness (QED) is 0.832. The van der Waals surface area contributed by atoms with Crippen LogP contribution in [0.1, 0.15) is 19.4 Å². The summed E-state index contributed by atoms with van der Waals surface area (Å²) in [6.07, 6.45) is 0. The molecule has 0 bridgehead atoms. The number of hydrogen-bond donors (Lipinski definition) is 2. The molecule has 0 aliphatic carbocycles. The highest BCUT2D eigenvalue weighted by Crippen LogP contribution is 2.33. The molecule has 0 saturated carbocycles. The zero-order valence-corrected chi connectivity index (χ0v) is 12.2. The first kappa shape index (κ1) is 12.9. The third-order valence-corrected chi connectivity index (χ3v) is 3.37. The van der Waals surface area contributed by atoms with Crippen molar-refractivity contribution in [2.24, 2.45) is 21.5 Å². The van der Waals surface area contributed by atoms with E-state index in [4.69, 9.17) is 11.5 Å². The molecular weight excluding hydrogens is 294 g/mol. The van der Waals surface area contributed by atoms with E-state index >= 15 is 0 Å². The van der Waals surface area contributed by atoms with Crippen molar-refractivity contribution in [1.82, 2.24) is 0 Å². The van der Waals surface area contributed by atoms with Crippen molar-refractivity contribution in [2.75, 3.05) is 4.90 Å². The Kier molecular flexibility index (Phi) is 3.06. The molecule has 1 heterocycles. The van der Waals surface area contributed by atoms with Crippen LogP contribution in [0.5, 0.6) is 0 Å². The van der Waals surface area contributed by atoms with Gasteiger partial charge in [-0.25, -0.2) is 4.99 Å². The molecule has 0 unspecified atom stereocenters. The highest BCUT2D eigenvalue weighted by atomic mass is 79.9. The second-order valence-corrected chi connectivity index (χ2v) is 5.58. The summed E-state index contributed by atoms with van der Waals surface area (Å²) in [6.45, 7) is 5.91. The molecule has 0 spiro atoms. The van der Waals surface area contributed by atoms with Crippen LogP contribution in [0.15, 0.2) is 32.7 Å². The molecule has 1 aliphatic rings. The normalized spacial score (nSPS) is 18.3. The van der Waals surface area contributed by atoms with E-state index in [0.29, 0.717) is 5.96 Å². The van der Waals surface area contributed by atoms with Crippen molar-refractivity contribution in [1.29, 1.82) is 0 Å². The molecule has 0 radical (unpaired) electrons. The summed E-state index contributed by atoms with van der Waals surface area (Å²) in [6, 6.07) is 6.03. The van der Waals surface area contributed by atoms with Gasteiger partial charge in [-0.15, -0.1) is 0 Å². The lowest BCUT2D eigenvalue weighted by molar-refractivity contribution is 0.533. The maximum Gasteiger partial charge on any atom is 0.220 e. The summed E-state index contributed by atoms with van der Waals surface area (Å²) in [4.78, 5) is 10.2. The number of anilines is 1. The Bertz CT molecular complexity index is 547. The fourth-order valence-electron chi connectivity index (χ4n) is 2.01.